The van der Waals surface area contributed by atoms with Crippen LogP contribution < -0.4 is 14.8 Å². The smallest absolute Gasteiger partial charge is 0.258 e. The minimum atomic E-state index is -0.178. The first-order valence-electron chi connectivity index (χ1n) is 7.92. The van der Waals surface area contributed by atoms with Crippen molar-refractivity contribution in [2.75, 3.05) is 19.8 Å². The highest BCUT2D eigenvalue weighted by Crippen LogP contribution is 2.18. The van der Waals surface area contributed by atoms with Gasteiger partial charge in [-0.25, -0.2) is 0 Å². The highest BCUT2D eigenvalue weighted by atomic mass is 35.5. The number of nitrogens with one attached hydrogen (secondary N) is 1. The molecule has 128 valence electrons. The number of carbonyl (C=O) groups excluding carboxylic acids is 1. The Hall–Kier alpha value is -2.20. The molecule has 0 bridgehead atoms. The molecule has 1 N–H and O–H groups in total. The number of rotatable bonds is 8. The van der Waals surface area contributed by atoms with Gasteiger partial charge in [-0.2, -0.15) is 0 Å². The summed E-state index contributed by atoms with van der Waals surface area (Å²) in [6, 6.07) is 14.9. The van der Waals surface area contributed by atoms with Gasteiger partial charge in [0.15, 0.2) is 6.61 Å². The molecular formula is C19H22ClNO3. The average molecular weight is 348 g/mol. The van der Waals surface area contributed by atoms with E-state index in [-0.39, 0.29) is 12.5 Å². The highest BCUT2D eigenvalue weighted by Gasteiger charge is 2.04. The second-order valence-corrected chi connectivity index (χ2v) is 6.10. The van der Waals surface area contributed by atoms with Gasteiger partial charge in [-0.15, -0.1) is 0 Å². The first-order chi connectivity index (χ1) is 11.5. The van der Waals surface area contributed by atoms with E-state index >= 15 is 0 Å². The Morgan fingerprint density at radius 2 is 1.58 bits per heavy atom. The van der Waals surface area contributed by atoms with Crippen molar-refractivity contribution in [3.8, 4) is 11.5 Å². The molecule has 0 spiro atoms. The van der Waals surface area contributed by atoms with Crippen molar-refractivity contribution in [2.45, 2.75) is 19.8 Å². The lowest BCUT2D eigenvalue weighted by molar-refractivity contribution is -0.123. The Bertz CT molecular complexity index is 639. The lowest BCUT2D eigenvalue weighted by Gasteiger charge is -2.10. The second kappa shape index (κ2) is 9.18. The van der Waals surface area contributed by atoms with Gasteiger partial charge in [0.05, 0.1) is 6.54 Å². The first kappa shape index (κ1) is 18.1. The molecule has 0 aliphatic carbocycles. The standard InChI is InChI=1S/C19H22ClNO3/c1-14(2)15-3-7-18(8-4-15)24-13-19(22)21-11-12-23-17-9-5-16(20)6-10-17/h3-10,14H,11-13H2,1-2H3,(H,21,22). The lowest BCUT2D eigenvalue weighted by atomic mass is 10.0. The monoisotopic (exact) mass is 347 g/mol. The Labute approximate surface area is 147 Å². The summed E-state index contributed by atoms with van der Waals surface area (Å²) >= 11 is 5.80. The fourth-order valence-electron chi connectivity index (χ4n) is 2.04. The number of halogens is 1. The summed E-state index contributed by atoms with van der Waals surface area (Å²) in [5.74, 6) is 1.70. The molecule has 0 heterocycles. The van der Waals surface area contributed by atoms with Crippen molar-refractivity contribution in [2.24, 2.45) is 0 Å². The molecule has 24 heavy (non-hydrogen) atoms. The van der Waals surface area contributed by atoms with Gasteiger partial charge in [0.2, 0.25) is 0 Å². The minimum Gasteiger partial charge on any atom is -0.492 e. The molecule has 0 aliphatic heterocycles. The van der Waals surface area contributed by atoms with Crippen LogP contribution in [-0.2, 0) is 4.79 Å². The summed E-state index contributed by atoms with van der Waals surface area (Å²) in [5.41, 5.74) is 1.24. The molecule has 0 aromatic heterocycles. The van der Waals surface area contributed by atoms with E-state index in [0.29, 0.717) is 29.8 Å². The molecule has 2 aromatic carbocycles. The molecule has 0 aliphatic rings. The number of benzene rings is 2. The summed E-state index contributed by atoms with van der Waals surface area (Å²) in [4.78, 5) is 11.7. The summed E-state index contributed by atoms with van der Waals surface area (Å²) in [7, 11) is 0. The maximum atomic E-state index is 11.7. The SMILES string of the molecule is CC(C)c1ccc(OCC(=O)NCCOc2ccc(Cl)cc2)cc1. The summed E-state index contributed by atoms with van der Waals surface area (Å²) < 4.78 is 11.0. The number of amides is 1. The van der Waals surface area contributed by atoms with Crippen LogP contribution in [0.15, 0.2) is 48.5 Å². The fraction of sp³-hybridized carbons (Fsp3) is 0.316. The molecule has 0 radical (unpaired) electrons. The van der Waals surface area contributed by atoms with Crippen LogP contribution in [0.2, 0.25) is 5.02 Å². The molecule has 0 atom stereocenters. The Balaban J connectivity index is 1.63. The summed E-state index contributed by atoms with van der Waals surface area (Å²) in [5, 5.41) is 3.41. The van der Waals surface area contributed by atoms with Crippen LogP contribution in [0.4, 0.5) is 0 Å². The summed E-state index contributed by atoms with van der Waals surface area (Å²) in [6.07, 6.45) is 0. The Kier molecular flexibility index (Phi) is 6.94. The Morgan fingerprint density at radius 3 is 2.21 bits per heavy atom. The molecule has 1 amide bonds. The van der Waals surface area contributed by atoms with Crippen LogP contribution in [0.1, 0.15) is 25.3 Å². The van der Waals surface area contributed by atoms with Gasteiger partial charge in [0.25, 0.3) is 5.91 Å². The zero-order chi connectivity index (χ0) is 17.4. The average Bonchev–Trinajstić information content (AvgIpc) is 2.59. The molecule has 0 unspecified atom stereocenters. The molecule has 0 fully saturated rings. The van der Waals surface area contributed by atoms with Crippen LogP contribution in [0, 0.1) is 0 Å². The third kappa shape index (κ3) is 6.13. The number of hydrogen-bond acceptors (Lipinski definition) is 3. The minimum absolute atomic E-state index is 0.0119. The molecule has 2 rings (SSSR count). The van der Waals surface area contributed by atoms with Gasteiger partial charge in [-0.05, 0) is 47.9 Å². The quantitative estimate of drug-likeness (QED) is 0.733. The third-order valence-electron chi connectivity index (χ3n) is 3.42. The summed E-state index contributed by atoms with van der Waals surface area (Å²) in [6.45, 7) is 5.06. The van der Waals surface area contributed by atoms with E-state index in [9.17, 15) is 4.79 Å². The van der Waals surface area contributed by atoms with Gasteiger partial charge in [-0.3, -0.25) is 4.79 Å². The number of carbonyl (C=O) groups is 1. The van der Waals surface area contributed by atoms with E-state index in [1.807, 2.05) is 24.3 Å². The van der Waals surface area contributed by atoms with Crippen molar-refractivity contribution in [1.29, 1.82) is 0 Å². The van der Waals surface area contributed by atoms with Crippen LogP contribution in [0.3, 0.4) is 0 Å². The van der Waals surface area contributed by atoms with E-state index in [1.165, 1.54) is 5.56 Å². The van der Waals surface area contributed by atoms with E-state index in [4.69, 9.17) is 21.1 Å². The van der Waals surface area contributed by atoms with Gasteiger partial charge in [0, 0.05) is 5.02 Å². The van der Waals surface area contributed by atoms with E-state index in [0.717, 1.165) is 5.75 Å². The normalized spacial score (nSPS) is 10.5. The molecule has 0 saturated heterocycles. The van der Waals surface area contributed by atoms with Crippen LogP contribution >= 0.6 is 11.6 Å². The van der Waals surface area contributed by atoms with Crippen molar-refractivity contribution in [3.63, 3.8) is 0 Å². The van der Waals surface area contributed by atoms with E-state index in [1.54, 1.807) is 24.3 Å². The second-order valence-electron chi connectivity index (χ2n) is 5.66. The third-order valence-corrected chi connectivity index (χ3v) is 3.68. The maximum Gasteiger partial charge on any atom is 0.258 e. The Morgan fingerprint density at radius 1 is 1.00 bits per heavy atom. The zero-order valence-corrected chi connectivity index (χ0v) is 14.7. The van der Waals surface area contributed by atoms with Crippen molar-refractivity contribution < 1.29 is 14.3 Å². The largest absolute Gasteiger partial charge is 0.492 e. The highest BCUT2D eigenvalue weighted by molar-refractivity contribution is 6.30. The molecular weight excluding hydrogens is 326 g/mol. The van der Waals surface area contributed by atoms with Crippen molar-refractivity contribution >= 4 is 17.5 Å². The van der Waals surface area contributed by atoms with Crippen LogP contribution in [0.25, 0.3) is 0 Å². The van der Waals surface area contributed by atoms with Gasteiger partial charge in [0.1, 0.15) is 18.1 Å². The number of hydrogen-bond donors (Lipinski definition) is 1. The lowest BCUT2D eigenvalue weighted by Crippen LogP contribution is -2.32. The maximum absolute atomic E-state index is 11.7. The van der Waals surface area contributed by atoms with Crippen molar-refractivity contribution in [3.05, 3.63) is 59.1 Å². The predicted molar refractivity (Wildman–Crippen MR) is 96.0 cm³/mol. The number of ether oxygens (including phenoxy) is 2. The van der Waals surface area contributed by atoms with Crippen LogP contribution in [-0.4, -0.2) is 25.7 Å². The van der Waals surface area contributed by atoms with Gasteiger partial charge < -0.3 is 14.8 Å². The zero-order valence-electron chi connectivity index (χ0n) is 13.9. The van der Waals surface area contributed by atoms with E-state index in [2.05, 4.69) is 19.2 Å². The van der Waals surface area contributed by atoms with Gasteiger partial charge in [-0.1, -0.05) is 37.6 Å². The van der Waals surface area contributed by atoms with Gasteiger partial charge >= 0.3 is 0 Å². The fourth-order valence-corrected chi connectivity index (χ4v) is 2.17. The molecule has 2 aromatic rings. The van der Waals surface area contributed by atoms with Crippen molar-refractivity contribution in [1.82, 2.24) is 5.32 Å². The molecule has 4 nitrogen and oxygen atoms in total. The molecule has 5 heteroatoms. The first-order valence-corrected chi connectivity index (χ1v) is 8.30. The topological polar surface area (TPSA) is 47.6 Å². The van der Waals surface area contributed by atoms with E-state index < -0.39 is 0 Å². The van der Waals surface area contributed by atoms with Crippen LogP contribution in [0.5, 0.6) is 11.5 Å². The predicted octanol–water partition coefficient (Wildman–Crippen LogP) is 4.04. The molecule has 0 saturated carbocycles.